The Morgan fingerprint density at radius 2 is 2.29 bits per heavy atom. The molecule has 1 aromatic rings. The lowest BCUT2D eigenvalue weighted by atomic mass is 9.87. The molecule has 3 nitrogen and oxygen atoms in total. The first-order chi connectivity index (χ1) is 6.66. The second-order valence-electron chi connectivity index (χ2n) is 4.58. The summed E-state index contributed by atoms with van der Waals surface area (Å²) in [4.78, 5) is 0. The Kier molecular flexibility index (Phi) is 2.48. The zero-order valence-electron chi connectivity index (χ0n) is 9.03. The van der Waals surface area contributed by atoms with E-state index in [1.807, 2.05) is 6.07 Å². The van der Waals surface area contributed by atoms with Crippen molar-refractivity contribution < 1.29 is 0 Å². The number of hydrogen-bond donors (Lipinski definition) is 1. The van der Waals surface area contributed by atoms with Gasteiger partial charge in [-0.05, 0) is 25.7 Å². The normalized spacial score (nSPS) is 27.9. The maximum absolute atomic E-state index is 5.69. The van der Waals surface area contributed by atoms with E-state index in [1.165, 1.54) is 31.4 Å². The molecule has 0 bridgehead atoms. The summed E-state index contributed by atoms with van der Waals surface area (Å²) in [5.41, 5.74) is 6.88. The molecular formula is C11H19N3. The minimum atomic E-state index is 0.580. The smallest absolute Gasteiger partial charge is 0.145 e. The predicted octanol–water partition coefficient (Wildman–Crippen LogP) is 2.52. The third-order valence-corrected chi connectivity index (χ3v) is 3.20. The topological polar surface area (TPSA) is 43.8 Å². The number of nitrogens with two attached hydrogens (primary N) is 1. The van der Waals surface area contributed by atoms with E-state index in [2.05, 4.69) is 23.6 Å². The highest BCUT2D eigenvalue weighted by Crippen LogP contribution is 2.32. The van der Waals surface area contributed by atoms with Crippen LogP contribution in [0, 0.1) is 12.8 Å². The maximum Gasteiger partial charge on any atom is 0.145 e. The number of anilines is 1. The third-order valence-electron chi connectivity index (χ3n) is 3.20. The van der Waals surface area contributed by atoms with Crippen LogP contribution in [0.25, 0.3) is 0 Å². The van der Waals surface area contributed by atoms with Crippen molar-refractivity contribution in [3.8, 4) is 0 Å². The molecule has 3 heteroatoms. The fourth-order valence-corrected chi connectivity index (χ4v) is 2.51. The number of nitrogen functional groups attached to an aromatic ring is 1. The standard InChI is InChI=1S/C11H19N3/c1-8-4-3-5-10(6-8)14-9(2)7-11(12)13-14/h7-8,10H,3-6H2,1-2H3,(H2,12,13). The number of rotatable bonds is 1. The van der Waals surface area contributed by atoms with Crippen LogP contribution in [0.4, 0.5) is 5.82 Å². The number of hydrogen-bond acceptors (Lipinski definition) is 2. The van der Waals surface area contributed by atoms with E-state index >= 15 is 0 Å². The van der Waals surface area contributed by atoms with Crippen LogP contribution in [0.5, 0.6) is 0 Å². The minimum absolute atomic E-state index is 0.580. The number of aromatic nitrogens is 2. The van der Waals surface area contributed by atoms with Gasteiger partial charge < -0.3 is 5.73 Å². The molecule has 1 aromatic heterocycles. The van der Waals surface area contributed by atoms with Crippen LogP contribution in [-0.2, 0) is 0 Å². The van der Waals surface area contributed by atoms with E-state index in [0.29, 0.717) is 11.9 Å². The van der Waals surface area contributed by atoms with E-state index in [1.54, 1.807) is 0 Å². The van der Waals surface area contributed by atoms with Crippen molar-refractivity contribution in [3.05, 3.63) is 11.8 Å². The van der Waals surface area contributed by atoms with Gasteiger partial charge in [0.2, 0.25) is 0 Å². The van der Waals surface area contributed by atoms with E-state index in [4.69, 9.17) is 5.73 Å². The minimum Gasteiger partial charge on any atom is -0.382 e. The lowest BCUT2D eigenvalue weighted by molar-refractivity contribution is 0.264. The van der Waals surface area contributed by atoms with Gasteiger partial charge in [-0.1, -0.05) is 19.8 Å². The molecule has 2 N–H and O–H groups in total. The molecule has 2 unspecified atom stereocenters. The molecule has 1 aliphatic rings. The Balaban J connectivity index is 2.17. The summed E-state index contributed by atoms with van der Waals surface area (Å²) in [7, 11) is 0. The van der Waals surface area contributed by atoms with Gasteiger partial charge in [0.05, 0.1) is 6.04 Å². The molecule has 14 heavy (non-hydrogen) atoms. The SMILES string of the molecule is Cc1cc(N)nn1C1CCCC(C)C1. The van der Waals surface area contributed by atoms with Gasteiger partial charge in [-0.15, -0.1) is 0 Å². The lowest BCUT2D eigenvalue weighted by Crippen LogP contribution is -2.19. The summed E-state index contributed by atoms with van der Waals surface area (Å²) in [6.45, 7) is 4.41. The van der Waals surface area contributed by atoms with Gasteiger partial charge in [0.25, 0.3) is 0 Å². The van der Waals surface area contributed by atoms with E-state index in [0.717, 1.165) is 5.92 Å². The van der Waals surface area contributed by atoms with Crippen LogP contribution in [0.15, 0.2) is 6.07 Å². The van der Waals surface area contributed by atoms with Crippen molar-refractivity contribution in [1.82, 2.24) is 9.78 Å². The maximum atomic E-state index is 5.69. The number of nitrogens with zero attached hydrogens (tertiary/aromatic N) is 2. The zero-order chi connectivity index (χ0) is 10.1. The molecule has 2 rings (SSSR count). The van der Waals surface area contributed by atoms with Gasteiger partial charge in [0.15, 0.2) is 0 Å². The molecule has 1 saturated carbocycles. The zero-order valence-corrected chi connectivity index (χ0v) is 9.03. The van der Waals surface area contributed by atoms with Gasteiger partial charge in [0, 0.05) is 11.8 Å². The molecular weight excluding hydrogens is 174 g/mol. The van der Waals surface area contributed by atoms with Crippen LogP contribution in [0.1, 0.15) is 44.3 Å². The molecule has 0 spiro atoms. The summed E-state index contributed by atoms with van der Waals surface area (Å²) in [5, 5.41) is 4.36. The Morgan fingerprint density at radius 3 is 2.86 bits per heavy atom. The molecule has 0 saturated heterocycles. The first-order valence-electron chi connectivity index (χ1n) is 5.48. The molecule has 1 heterocycles. The second-order valence-corrected chi connectivity index (χ2v) is 4.58. The summed E-state index contributed by atoms with van der Waals surface area (Å²) in [6, 6.07) is 2.54. The Morgan fingerprint density at radius 1 is 1.50 bits per heavy atom. The Hall–Kier alpha value is -0.990. The summed E-state index contributed by atoms with van der Waals surface area (Å²) in [6.07, 6.45) is 5.20. The highest BCUT2D eigenvalue weighted by molar-refractivity contribution is 5.29. The largest absolute Gasteiger partial charge is 0.382 e. The van der Waals surface area contributed by atoms with Crippen LogP contribution < -0.4 is 5.73 Å². The second kappa shape index (κ2) is 3.64. The quantitative estimate of drug-likeness (QED) is 0.744. The van der Waals surface area contributed by atoms with Crippen molar-refractivity contribution in [2.24, 2.45) is 5.92 Å². The van der Waals surface area contributed by atoms with Crippen molar-refractivity contribution in [2.45, 2.75) is 45.6 Å². The van der Waals surface area contributed by atoms with Crippen LogP contribution in [0.2, 0.25) is 0 Å². The summed E-state index contributed by atoms with van der Waals surface area (Å²) < 4.78 is 2.12. The van der Waals surface area contributed by atoms with Gasteiger partial charge in [-0.2, -0.15) is 5.10 Å². The first kappa shape index (κ1) is 9.56. The van der Waals surface area contributed by atoms with E-state index < -0.39 is 0 Å². The van der Waals surface area contributed by atoms with Gasteiger partial charge in [0.1, 0.15) is 5.82 Å². The first-order valence-corrected chi connectivity index (χ1v) is 5.48. The molecule has 1 fully saturated rings. The van der Waals surface area contributed by atoms with E-state index in [-0.39, 0.29) is 0 Å². The van der Waals surface area contributed by atoms with Crippen LogP contribution in [-0.4, -0.2) is 9.78 Å². The molecule has 0 amide bonds. The molecule has 0 aliphatic heterocycles. The van der Waals surface area contributed by atoms with Crippen molar-refractivity contribution in [2.75, 3.05) is 5.73 Å². The molecule has 78 valence electrons. The molecule has 1 aliphatic carbocycles. The highest BCUT2D eigenvalue weighted by Gasteiger charge is 2.21. The molecule has 0 aromatic carbocycles. The third kappa shape index (κ3) is 1.76. The van der Waals surface area contributed by atoms with Crippen molar-refractivity contribution in [3.63, 3.8) is 0 Å². The molecule has 2 atom stereocenters. The monoisotopic (exact) mass is 193 g/mol. The van der Waals surface area contributed by atoms with Crippen molar-refractivity contribution >= 4 is 5.82 Å². The van der Waals surface area contributed by atoms with Crippen LogP contribution >= 0.6 is 0 Å². The Labute approximate surface area is 85.3 Å². The van der Waals surface area contributed by atoms with Crippen LogP contribution in [0.3, 0.4) is 0 Å². The average molecular weight is 193 g/mol. The summed E-state index contributed by atoms with van der Waals surface area (Å²) in [5.74, 6) is 1.49. The fraction of sp³-hybridized carbons (Fsp3) is 0.727. The van der Waals surface area contributed by atoms with Gasteiger partial charge >= 0.3 is 0 Å². The molecule has 0 radical (unpaired) electrons. The van der Waals surface area contributed by atoms with E-state index in [9.17, 15) is 0 Å². The van der Waals surface area contributed by atoms with Gasteiger partial charge in [-0.3, -0.25) is 4.68 Å². The summed E-state index contributed by atoms with van der Waals surface area (Å²) >= 11 is 0. The fourth-order valence-electron chi connectivity index (χ4n) is 2.51. The Bertz CT molecular complexity index is 316. The lowest BCUT2D eigenvalue weighted by Gasteiger charge is -2.27. The average Bonchev–Trinajstić information content (AvgIpc) is 2.45. The van der Waals surface area contributed by atoms with Crippen molar-refractivity contribution in [1.29, 1.82) is 0 Å². The highest BCUT2D eigenvalue weighted by atomic mass is 15.3. The number of aryl methyl sites for hydroxylation is 1. The van der Waals surface area contributed by atoms with Gasteiger partial charge in [-0.25, -0.2) is 0 Å². The predicted molar refractivity (Wildman–Crippen MR) is 58.0 cm³/mol.